The highest BCUT2D eigenvalue weighted by atomic mass is 19.5. The van der Waals surface area contributed by atoms with Gasteiger partial charge in [-0.15, -0.1) is 0 Å². The van der Waals surface area contributed by atoms with Crippen molar-refractivity contribution in [2.24, 2.45) is 0 Å². The third-order valence-electron chi connectivity index (χ3n) is 4.02. The minimum absolute atomic E-state index is 0.295. The zero-order valence-corrected chi connectivity index (χ0v) is 14.4. The number of halogens is 4. The molecular weight excluding hydrogens is 361 g/mol. The van der Waals surface area contributed by atoms with Crippen LogP contribution < -0.4 is 4.57 Å². The van der Waals surface area contributed by atoms with Gasteiger partial charge in [0.15, 0.2) is 0 Å². The maximum absolute atomic E-state index is 9.75. The molecule has 142 valence electrons. The lowest BCUT2D eigenvalue weighted by Gasteiger charge is -2.19. The minimum Gasteiger partial charge on any atom is -0.418 e. The van der Waals surface area contributed by atoms with Gasteiger partial charge >= 0.3 is 13.1 Å². The standard InChI is InChI=1S/C18H18N3O.BF4/c1-3-7-15(8-4-1)11-17-12-22-13-18-19-21(14-20(17)18)16-9-5-2-6-10-16;2-1(3,4)5/h1-10,14,17H,11-13H2;/q+1;-1/t17-;/m0./s1. The second kappa shape index (κ2) is 8.34. The van der Waals surface area contributed by atoms with Crippen LogP contribution in [0.25, 0.3) is 5.69 Å². The van der Waals surface area contributed by atoms with Crippen molar-refractivity contribution < 1.29 is 26.6 Å². The molecule has 1 atom stereocenters. The highest BCUT2D eigenvalue weighted by Gasteiger charge is 2.29. The highest BCUT2D eigenvalue weighted by Crippen LogP contribution is 2.16. The zero-order chi connectivity index (χ0) is 19.3. The first-order valence-corrected chi connectivity index (χ1v) is 8.44. The van der Waals surface area contributed by atoms with E-state index < -0.39 is 7.25 Å². The Bertz CT molecular complexity index is 850. The molecule has 0 amide bonds. The van der Waals surface area contributed by atoms with Crippen LogP contribution in [0.2, 0.25) is 0 Å². The number of para-hydroxylation sites is 1. The molecule has 0 saturated heterocycles. The van der Waals surface area contributed by atoms with Crippen molar-refractivity contribution in [1.29, 1.82) is 0 Å². The lowest BCUT2D eigenvalue weighted by molar-refractivity contribution is -0.742. The largest absolute Gasteiger partial charge is 0.673 e. The molecule has 1 aromatic heterocycles. The van der Waals surface area contributed by atoms with E-state index in [1.807, 2.05) is 28.9 Å². The molecule has 0 bridgehead atoms. The minimum atomic E-state index is -6.00. The molecular formula is C18H18BF4N3O. The zero-order valence-electron chi connectivity index (χ0n) is 14.4. The molecule has 2 aromatic carbocycles. The number of fused-ring (bicyclic) bond motifs is 1. The third-order valence-corrected chi connectivity index (χ3v) is 4.02. The number of hydrogen-bond acceptors (Lipinski definition) is 2. The lowest BCUT2D eigenvalue weighted by atomic mass is 10.1. The summed E-state index contributed by atoms with van der Waals surface area (Å²) in [5.74, 6) is 0.982. The van der Waals surface area contributed by atoms with E-state index in [1.165, 1.54) is 5.56 Å². The van der Waals surface area contributed by atoms with Crippen LogP contribution >= 0.6 is 0 Å². The van der Waals surface area contributed by atoms with Crippen LogP contribution in [-0.4, -0.2) is 23.6 Å². The molecule has 3 aromatic rings. The van der Waals surface area contributed by atoms with Crippen molar-refractivity contribution in [3.8, 4) is 5.69 Å². The summed E-state index contributed by atoms with van der Waals surface area (Å²) in [4.78, 5) is 0. The Hall–Kier alpha value is -2.68. The van der Waals surface area contributed by atoms with Crippen molar-refractivity contribution in [2.75, 3.05) is 6.61 Å². The van der Waals surface area contributed by atoms with Crippen LogP contribution in [-0.2, 0) is 17.8 Å². The molecule has 0 unspecified atom stereocenters. The molecule has 0 spiro atoms. The molecule has 0 fully saturated rings. The predicted octanol–water partition coefficient (Wildman–Crippen LogP) is 3.77. The van der Waals surface area contributed by atoms with Gasteiger partial charge in [0.2, 0.25) is 6.33 Å². The normalized spacial score (nSPS) is 16.2. The summed E-state index contributed by atoms with van der Waals surface area (Å²) in [5.41, 5.74) is 2.40. The van der Waals surface area contributed by atoms with Gasteiger partial charge in [-0.1, -0.05) is 53.2 Å². The number of hydrogen-bond donors (Lipinski definition) is 0. The number of benzene rings is 2. The van der Waals surface area contributed by atoms with Crippen molar-refractivity contribution in [3.05, 3.63) is 78.4 Å². The summed E-state index contributed by atoms with van der Waals surface area (Å²) in [6.07, 6.45) is 3.04. The Balaban J connectivity index is 0.000000376. The van der Waals surface area contributed by atoms with Crippen LogP contribution in [0.5, 0.6) is 0 Å². The molecule has 0 N–H and O–H groups in total. The molecule has 4 nitrogen and oxygen atoms in total. The van der Waals surface area contributed by atoms with Gasteiger partial charge in [-0.3, -0.25) is 0 Å². The second-order valence-corrected chi connectivity index (χ2v) is 6.07. The van der Waals surface area contributed by atoms with Gasteiger partial charge in [-0.25, -0.2) is 4.57 Å². The second-order valence-electron chi connectivity index (χ2n) is 6.07. The Morgan fingerprint density at radius 2 is 1.59 bits per heavy atom. The van der Waals surface area contributed by atoms with Crippen molar-refractivity contribution >= 4 is 7.25 Å². The SMILES string of the molecule is F[B-](F)(F)F.c1ccc(C[C@H]2COCc3nn(-c4ccccc4)c[n+]32)cc1. The maximum atomic E-state index is 9.75. The molecule has 9 heteroatoms. The van der Waals surface area contributed by atoms with Gasteiger partial charge in [-0.05, 0) is 17.7 Å². The molecule has 1 aliphatic heterocycles. The summed E-state index contributed by atoms with van der Waals surface area (Å²) in [5, 5.41) is 4.67. The Kier molecular flexibility index (Phi) is 5.90. The molecule has 2 heterocycles. The van der Waals surface area contributed by atoms with E-state index in [-0.39, 0.29) is 0 Å². The van der Waals surface area contributed by atoms with Gasteiger partial charge in [0.1, 0.15) is 18.3 Å². The highest BCUT2D eigenvalue weighted by molar-refractivity contribution is 6.50. The molecule has 0 radical (unpaired) electrons. The van der Waals surface area contributed by atoms with Crippen LogP contribution in [0.3, 0.4) is 0 Å². The van der Waals surface area contributed by atoms with Crippen LogP contribution in [0.4, 0.5) is 17.3 Å². The molecule has 4 rings (SSSR count). The average Bonchev–Trinajstić information content (AvgIpc) is 3.07. The number of ether oxygens (including phenoxy) is 1. The quantitative estimate of drug-likeness (QED) is 0.394. The smallest absolute Gasteiger partial charge is 0.418 e. The summed E-state index contributed by atoms with van der Waals surface area (Å²) >= 11 is 0. The monoisotopic (exact) mass is 379 g/mol. The van der Waals surface area contributed by atoms with Crippen molar-refractivity contribution in [2.45, 2.75) is 19.1 Å². The Labute approximate surface area is 154 Å². The summed E-state index contributed by atoms with van der Waals surface area (Å²) in [6.45, 7) is 1.30. The van der Waals surface area contributed by atoms with E-state index in [0.29, 0.717) is 12.6 Å². The van der Waals surface area contributed by atoms with Gasteiger partial charge in [-0.2, -0.15) is 0 Å². The van der Waals surface area contributed by atoms with Gasteiger partial charge < -0.3 is 22.0 Å². The van der Waals surface area contributed by atoms with Gasteiger partial charge in [0.05, 0.1) is 6.61 Å². The maximum Gasteiger partial charge on any atom is 0.673 e. The average molecular weight is 379 g/mol. The van der Waals surface area contributed by atoms with E-state index in [4.69, 9.17) is 4.74 Å². The Morgan fingerprint density at radius 3 is 2.22 bits per heavy atom. The molecule has 27 heavy (non-hydrogen) atoms. The van der Waals surface area contributed by atoms with Crippen LogP contribution in [0, 0.1) is 0 Å². The Morgan fingerprint density at radius 1 is 1.00 bits per heavy atom. The molecule has 1 aliphatic rings. The summed E-state index contributed by atoms with van der Waals surface area (Å²) < 4.78 is 48.9. The van der Waals surface area contributed by atoms with E-state index in [2.05, 4.69) is 52.4 Å². The van der Waals surface area contributed by atoms with Crippen molar-refractivity contribution in [1.82, 2.24) is 9.78 Å². The van der Waals surface area contributed by atoms with Gasteiger partial charge in [0, 0.05) is 11.5 Å². The fourth-order valence-corrected chi connectivity index (χ4v) is 2.91. The number of nitrogens with zero attached hydrogens (tertiary/aromatic N) is 3. The fourth-order valence-electron chi connectivity index (χ4n) is 2.91. The van der Waals surface area contributed by atoms with E-state index in [0.717, 1.165) is 24.5 Å². The fraction of sp³-hybridized carbons (Fsp3) is 0.222. The first-order valence-electron chi connectivity index (χ1n) is 8.44. The first kappa shape index (κ1) is 19.1. The summed E-state index contributed by atoms with van der Waals surface area (Å²) in [7, 11) is -6.00. The molecule has 0 saturated carbocycles. The van der Waals surface area contributed by atoms with E-state index >= 15 is 0 Å². The number of aromatic nitrogens is 3. The van der Waals surface area contributed by atoms with Crippen LogP contribution in [0.1, 0.15) is 17.4 Å². The topological polar surface area (TPSA) is 30.9 Å². The van der Waals surface area contributed by atoms with E-state index in [9.17, 15) is 17.3 Å². The first-order chi connectivity index (χ1) is 12.9. The van der Waals surface area contributed by atoms with E-state index in [1.54, 1.807) is 0 Å². The predicted molar refractivity (Wildman–Crippen MR) is 92.8 cm³/mol. The number of rotatable bonds is 3. The van der Waals surface area contributed by atoms with Gasteiger partial charge in [0.25, 0.3) is 0 Å². The van der Waals surface area contributed by atoms with Crippen molar-refractivity contribution in [3.63, 3.8) is 0 Å². The lowest BCUT2D eigenvalue weighted by Crippen LogP contribution is -2.48. The summed E-state index contributed by atoms with van der Waals surface area (Å²) in [6, 6.07) is 21.0. The molecule has 0 aliphatic carbocycles. The third kappa shape index (κ3) is 5.65. The van der Waals surface area contributed by atoms with Crippen LogP contribution in [0.15, 0.2) is 67.0 Å².